The third-order valence-corrected chi connectivity index (χ3v) is 4.72. The number of hydrogen-bond acceptors (Lipinski definition) is 9. The van der Waals surface area contributed by atoms with Gasteiger partial charge in [-0.25, -0.2) is 4.79 Å². The lowest BCUT2D eigenvalue weighted by molar-refractivity contribution is -0.385. The minimum absolute atomic E-state index is 0.00123. The number of hydrogen-bond donors (Lipinski definition) is 0. The minimum atomic E-state index is -0.742. The molecule has 1 aliphatic heterocycles. The molecule has 10 nitrogen and oxygen atoms in total. The van der Waals surface area contributed by atoms with Gasteiger partial charge in [0.05, 0.1) is 31.3 Å². The molecule has 0 amide bonds. The van der Waals surface area contributed by atoms with Crippen molar-refractivity contribution < 1.29 is 38.1 Å². The Morgan fingerprint density at radius 1 is 1.12 bits per heavy atom. The van der Waals surface area contributed by atoms with Crippen molar-refractivity contribution in [3.05, 3.63) is 52.1 Å². The summed E-state index contributed by atoms with van der Waals surface area (Å²) in [6.45, 7) is 0.898. The van der Waals surface area contributed by atoms with Crippen molar-refractivity contribution in [1.82, 2.24) is 0 Å². The Bertz CT molecular complexity index is 941. The van der Waals surface area contributed by atoms with Gasteiger partial charge >= 0.3 is 11.7 Å². The van der Waals surface area contributed by atoms with E-state index in [1.807, 2.05) is 0 Å². The highest BCUT2D eigenvalue weighted by atomic mass is 16.7. The molecule has 1 unspecified atom stereocenters. The van der Waals surface area contributed by atoms with E-state index < -0.39 is 16.6 Å². The molecule has 1 aliphatic rings. The topological polar surface area (TPSA) is 116 Å². The van der Waals surface area contributed by atoms with Crippen LogP contribution < -0.4 is 14.2 Å². The van der Waals surface area contributed by atoms with E-state index in [2.05, 4.69) is 0 Å². The smallest absolute Gasteiger partial charge is 0.338 e. The molecule has 2 aromatic carbocycles. The number of methoxy groups -OCH3 is 2. The van der Waals surface area contributed by atoms with Gasteiger partial charge < -0.3 is 28.4 Å². The van der Waals surface area contributed by atoms with Crippen molar-refractivity contribution >= 4 is 11.7 Å². The van der Waals surface area contributed by atoms with E-state index in [4.69, 9.17) is 28.4 Å². The lowest BCUT2D eigenvalue weighted by Crippen LogP contribution is -2.24. The zero-order chi connectivity index (χ0) is 22.9. The summed E-state index contributed by atoms with van der Waals surface area (Å²) >= 11 is 0. The van der Waals surface area contributed by atoms with Crippen LogP contribution in [0.3, 0.4) is 0 Å². The SMILES string of the molecule is COC(=O)c1cc(OCCOC2CCCCO2)c(Oc2ccccc2OC)c([N+](=O)[O-])c1. The van der Waals surface area contributed by atoms with Crippen LogP contribution >= 0.6 is 0 Å². The van der Waals surface area contributed by atoms with Gasteiger partial charge in [-0.3, -0.25) is 10.1 Å². The number of carbonyl (C=O) groups excluding carboxylic acids is 1. The second kappa shape index (κ2) is 11.3. The molecule has 1 saturated heterocycles. The van der Waals surface area contributed by atoms with Gasteiger partial charge in [-0.15, -0.1) is 0 Å². The summed E-state index contributed by atoms with van der Waals surface area (Å²) in [5.74, 6) is -0.281. The fourth-order valence-electron chi connectivity index (χ4n) is 3.16. The number of ether oxygens (including phenoxy) is 6. The molecular formula is C22H25NO9. The summed E-state index contributed by atoms with van der Waals surface area (Å²) in [6.07, 6.45) is 2.53. The molecular weight excluding hydrogens is 422 g/mol. The standard InChI is InChI=1S/C22H25NO9/c1-27-17-7-3-4-8-18(17)32-21-16(23(25)26)13-15(22(24)28-2)14-19(21)29-11-12-31-20-9-5-6-10-30-20/h3-4,7-8,13-14,20H,5-6,9-12H2,1-2H3. The third kappa shape index (κ3) is 5.86. The number of esters is 1. The molecule has 0 bridgehead atoms. The Morgan fingerprint density at radius 2 is 1.91 bits per heavy atom. The van der Waals surface area contributed by atoms with Crippen molar-refractivity contribution in [2.24, 2.45) is 0 Å². The average molecular weight is 447 g/mol. The quantitative estimate of drug-likeness (QED) is 0.230. The van der Waals surface area contributed by atoms with Crippen LogP contribution in [0.25, 0.3) is 0 Å². The number of nitrogens with zero attached hydrogens (tertiary/aromatic N) is 1. The average Bonchev–Trinajstić information content (AvgIpc) is 2.82. The Labute approximate surface area is 185 Å². The number of nitro groups is 1. The van der Waals surface area contributed by atoms with Gasteiger partial charge in [0.15, 0.2) is 23.5 Å². The predicted molar refractivity (Wildman–Crippen MR) is 113 cm³/mol. The van der Waals surface area contributed by atoms with Crippen LogP contribution in [0.2, 0.25) is 0 Å². The molecule has 1 fully saturated rings. The molecule has 1 heterocycles. The van der Waals surface area contributed by atoms with Crippen LogP contribution in [-0.4, -0.2) is 51.2 Å². The second-order valence-corrected chi connectivity index (χ2v) is 6.84. The van der Waals surface area contributed by atoms with E-state index in [0.717, 1.165) is 25.3 Å². The first-order chi connectivity index (χ1) is 15.5. The van der Waals surface area contributed by atoms with Crippen molar-refractivity contribution in [3.8, 4) is 23.0 Å². The van der Waals surface area contributed by atoms with E-state index in [-0.39, 0.29) is 42.3 Å². The Hall–Kier alpha value is -3.37. The highest BCUT2D eigenvalue weighted by molar-refractivity contribution is 5.91. The molecule has 0 radical (unpaired) electrons. The van der Waals surface area contributed by atoms with Gasteiger partial charge in [-0.2, -0.15) is 0 Å². The van der Waals surface area contributed by atoms with Crippen LogP contribution in [0.15, 0.2) is 36.4 Å². The Kier molecular flexibility index (Phi) is 8.23. The lowest BCUT2D eigenvalue weighted by atomic mass is 10.1. The maximum Gasteiger partial charge on any atom is 0.338 e. The number of rotatable bonds is 10. The van der Waals surface area contributed by atoms with Crippen molar-refractivity contribution in [3.63, 3.8) is 0 Å². The first-order valence-corrected chi connectivity index (χ1v) is 10.1. The molecule has 10 heteroatoms. The van der Waals surface area contributed by atoms with Gasteiger partial charge in [0.2, 0.25) is 5.75 Å². The predicted octanol–water partition coefficient (Wildman–Crippen LogP) is 4.10. The van der Waals surface area contributed by atoms with Gasteiger partial charge in [0, 0.05) is 12.7 Å². The minimum Gasteiger partial charge on any atom is -0.493 e. The summed E-state index contributed by atoms with van der Waals surface area (Å²) in [6, 6.07) is 9.11. The molecule has 32 heavy (non-hydrogen) atoms. The molecule has 172 valence electrons. The molecule has 0 aliphatic carbocycles. The van der Waals surface area contributed by atoms with Crippen LogP contribution in [0, 0.1) is 10.1 Å². The van der Waals surface area contributed by atoms with E-state index in [9.17, 15) is 14.9 Å². The van der Waals surface area contributed by atoms with Gasteiger partial charge in [0.25, 0.3) is 0 Å². The molecule has 1 atom stereocenters. The van der Waals surface area contributed by atoms with E-state index in [0.29, 0.717) is 12.4 Å². The molecule has 0 spiro atoms. The summed E-state index contributed by atoms with van der Waals surface area (Å²) < 4.78 is 32.7. The van der Waals surface area contributed by atoms with Gasteiger partial charge in [0.1, 0.15) is 6.61 Å². The Morgan fingerprint density at radius 3 is 2.56 bits per heavy atom. The van der Waals surface area contributed by atoms with Crippen molar-refractivity contribution in [1.29, 1.82) is 0 Å². The fraction of sp³-hybridized carbons (Fsp3) is 0.409. The second-order valence-electron chi connectivity index (χ2n) is 6.84. The van der Waals surface area contributed by atoms with Crippen LogP contribution in [0.5, 0.6) is 23.0 Å². The van der Waals surface area contributed by atoms with Crippen molar-refractivity contribution in [2.75, 3.05) is 34.0 Å². The number of carbonyl (C=O) groups is 1. The molecule has 3 rings (SSSR count). The number of benzene rings is 2. The summed E-state index contributed by atoms with van der Waals surface area (Å²) in [4.78, 5) is 23.2. The molecule has 0 N–H and O–H groups in total. The first-order valence-electron chi connectivity index (χ1n) is 10.1. The highest BCUT2D eigenvalue weighted by Gasteiger charge is 2.27. The van der Waals surface area contributed by atoms with Crippen molar-refractivity contribution in [2.45, 2.75) is 25.6 Å². The zero-order valence-corrected chi connectivity index (χ0v) is 17.9. The van der Waals surface area contributed by atoms with Gasteiger partial charge in [-0.05, 0) is 37.5 Å². The van der Waals surface area contributed by atoms with E-state index in [1.54, 1.807) is 24.3 Å². The number of nitro benzene ring substituents is 1. The molecule has 2 aromatic rings. The normalized spacial score (nSPS) is 15.6. The van der Waals surface area contributed by atoms with Crippen LogP contribution in [0.1, 0.15) is 29.6 Å². The molecule has 0 saturated carbocycles. The maximum absolute atomic E-state index is 12.0. The summed E-state index contributed by atoms with van der Waals surface area (Å²) in [5, 5.41) is 11.8. The van der Waals surface area contributed by atoms with Crippen LogP contribution in [-0.2, 0) is 14.2 Å². The highest BCUT2D eigenvalue weighted by Crippen LogP contribution is 2.43. The fourth-order valence-corrected chi connectivity index (χ4v) is 3.16. The van der Waals surface area contributed by atoms with Gasteiger partial charge in [-0.1, -0.05) is 12.1 Å². The first kappa shape index (κ1) is 23.3. The number of para-hydroxylation sites is 2. The third-order valence-electron chi connectivity index (χ3n) is 4.72. The Balaban J connectivity index is 1.87. The lowest BCUT2D eigenvalue weighted by Gasteiger charge is -2.22. The summed E-state index contributed by atoms with van der Waals surface area (Å²) in [7, 11) is 2.64. The van der Waals surface area contributed by atoms with E-state index >= 15 is 0 Å². The van der Waals surface area contributed by atoms with E-state index in [1.165, 1.54) is 20.3 Å². The maximum atomic E-state index is 12.0. The largest absolute Gasteiger partial charge is 0.493 e. The summed E-state index contributed by atoms with van der Waals surface area (Å²) in [5.41, 5.74) is -0.497. The zero-order valence-electron chi connectivity index (χ0n) is 17.9. The molecule has 0 aromatic heterocycles. The van der Waals surface area contributed by atoms with Crippen LogP contribution in [0.4, 0.5) is 5.69 Å². The monoisotopic (exact) mass is 447 g/mol.